The average Bonchev–Trinajstić information content (AvgIpc) is 2.48. The van der Waals surface area contributed by atoms with Gasteiger partial charge in [0.15, 0.2) is 0 Å². The average molecular weight is 275 g/mol. The molecule has 1 atom stereocenters. The van der Waals surface area contributed by atoms with Crippen molar-refractivity contribution < 1.29 is 9.90 Å². The van der Waals surface area contributed by atoms with Crippen molar-refractivity contribution in [1.29, 1.82) is 0 Å². The molecule has 0 bridgehead atoms. The molecule has 1 aromatic carbocycles. The Morgan fingerprint density at radius 3 is 2.55 bits per heavy atom. The van der Waals surface area contributed by atoms with Crippen LogP contribution in [0.25, 0.3) is 0 Å². The molecule has 3 nitrogen and oxygen atoms in total. The molecule has 0 unspecified atom stereocenters. The van der Waals surface area contributed by atoms with E-state index in [0.717, 1.165) is 24.4 Å². The number of carboxylic acid groups (broad SMARTS) is 1. The summed E-state index contributed by atoms with van der Waals surface area (Å²) in [6.45, 7) is 0.814. The van der Waals surface area contributed by atoms with E-state index >= 15 is 0 Å². The number of aliphatic carboxylic acids is 1. The zero-order chi connectivity index (χ0) is 14.2. The summed E-state index contributed by atoms with van der Waals surface area (Å²) in [6.07, 6.45) is 8.36. The number of carboxylic acids is 1. The maximum absolute atomic E-state index is 11.3. The zero-order valence-electron chi connectivity index (χ0n) is 12.1. The van der Waals surface area contributed by atoms with Crippen molar-refractivity contribution >= 4 is 5.97 Å². The molecular weight excluding hydrogens is 250 g/mol. The molecule has 0 amide bonds. The summed E-state index contributed by atoms with van der Waals surface area (Å²) in [7, 11) is 0. The van der Waals surface area contributed by atoms with Gasteiger partial charge in [-0.1, -0.05) is 62.4 Å². The van der Waals surface area contributed by atoms with Gasteiger partial charge in [0.1, 0.15) is 6.04 Å². The first-order valence-corrected chi connectivity index (χ1v) is 7.76. The molecule has 0 heterocycles. The second kappa shape index (κ2) is 8.05. The Morgan fingerprint density at radius 1 is 1.20 bits per heavy atom. The lowest BCUT2D eigenvalue weighted by atomic mass is 9.87. The Kier molecular flexibility index (Phi) is 6.06. The molecule has 1 saturated carbocycles. The van der Waals surface area contributed by atoms with Crippen LogP contribution in [0.4, 0.5) is 0 Å². The topological polar surface area (TPSA) is 49.3 Å². The van der Waals surface area contributed by atoms with Crippen molar-refractivity contribution in [3.05, 3.63) is 35.9 Å². The van der Waals surface area contributed by atoms with E-state index in [1.54, 1.807) is 0 Å². The van der Waals surface area contributed by atoms with E-state index in [1.807, 2.05) is 30.3 Å². The highest BCUT2D eigenvalue weighted by molar-refractivity contribution is 5.73. The fourth-order valence-corrected chi connectivity index (χ4v) is 3.03. The number of benzene rings is 1. The van der Waals surface area contributed by atoms with Crippen LogP contribution >= 0.6 is 0 Å². The molecule has 2 N–H and O–H groups in total. The number of hydrogen-bond donors (Lipinski definition) is 2. The van der Waals surface area contributed by atoms with E-state index in [-0.39, 0.29) is 0 Å². The summed E-state index contributed by atoms with van der Waals surface area (Å²) in [4.78, 5) is 11.3. The van der Waals surface area contributed by atoms with Gasteiger partial charge in [0, 0.05) is 0 Å². The van der Waals surface area contributed by atoms with Gasteiger partial charge in [0.05, 0.1) is 0 Å². The number of hydrogen-bond acceptors (Lipinski definition) is 2. The predicted molar refractivity (Wildman–Crippen MR) is 80.8 cm³/mol. The second-order valence-electron chi connectivity index (χ2n) is 5.83. The summed E-state index contributed by atoms with van der Waals surface area (Å²) in [5.74, 6) is 0.0416. The minimum Gasteiger partial charge on any atom is -0.480 e. The van der Waals surface area contributed by atoms with Crippen LogP contribution in [-0.4, -0.2) is 23.7 Å². The molecular formula is C17H25NO2. The Morgan fingerprint density at radius 2 is 1.90 bits per heavy atom. The predicted octanol–water partition coefficient (Wildman–Crippen LogP) is 3.24. The molecule has 1 aliphatic carbocycles. The van der Waals surface area contributed by atoms with Crippen LogP contribution < -0.4 is 5.32 Å². The van der Waals surface area contributed by atoms with Crippen LogP contribution in [0.2, 0.25) is 0 Å². The maximum Gasteiger partial charge on any atom is 0.321 e. The number of rotatable bonds is 7. The Balaban J connectivity index is 1.76. The minimum atomic E-state index is -0.752. The Labute approximate surface area is 121 Å². The van der Waals surface area contributed by atoms with Gasteiger partial charge >= 0.3 is 5.97 Å². The summed E-state index contributed by atoms with van der Waals surface area (Å²) < 4.78 is 0. The van der Waals surface area contributed by atoms with Gasteiger partial charge in [-0.2, -0.15) is 0 Å². The van der Waals surface area contributed by atoms with Crippen LogP contribution in [0.1, 0.15) is 44.1 Å². The van der Waals surface area contributed by atoms with E-state index < -0.39 is 12.0 Å². The van der Waals surface area contributed by atoms with Gasteiger partial charge in [0.25, 0.3) is 0 Å². The quantitative estimate of drug-likeness (QED) is 0.803. The third kappa shape index (κ3) is 4.97. The molecule has 2 rings (SSSR count). The van der Waals surface area contributed by atoms with E-state index in [2.05, 4.69) is 5.32 Å². The summed E-state index contributed by atoms with van der Waals surface area (Å²) in [6, 6.07) is 9.36. The lowest BCUT2D eigenvalue weighted by Crippen LogP contribution is -2.39. The Hall–Kier alpha value is -1.35. The largest absolute Gasteiger partial charge is 0.480 e. The van der Waals surface area contributed by atoms with Crippen LogP contribution in [-0.2, 0) is 11.2 Å². The van der Waals surface area contributed by atoms with Gasteiger partial charge in [0.2, 0.25) is 0 Å². The van der Waals surface area contributed by atoms with E-state index in [1.165, 1.54) is 32.1 Å². The normalized spacial score (nSPS) is 17.8. The van der Waals surface area contributed by atoms with Gasteiger partial charge in [-0.15, -0.1) is 0 Å². The van der Waals surface area contributed by atoms with Crippen LogP contribution in [0.3, 0.4) is 0 Å². The summed E-state index contributed by atoms with van der Waals surface area (Å²) in [5, 5.41) is 12.5. The van der Waals surface area contributed by atoms with E-state index in [0.29, 0.717) is 6.42 Å². The summed E-state index contributed by atoms with van der Waals surface area (Å²) in [5.41, 5.74) is 1.07. The van der Waals surface area contributed by atoms with Gasteiger partial charge < -0.3 is 10.4 Å². The molecule has 3 heteroatoms. The van der Waals surface area contributed by atoms with Crippen molar-refractivity contribution in [3.8, 4) is 0 Å². The first kappa shape index (κ1) is 15.0. The van der Waals surface area contributed by atoms with Crippen molar-refractivity contribution in [2.24, 2.45) is 5.92 Å². The second-order valence-corrected chi connectivity index (χ2v) is 5.83. The fourth-order valence-electron chi connectivity index (χ4n) is 3.03. The number of nitrogens with one attached hydrogen (secondary N) is 1. The van der Waals surface area contributed by atoms with E-state index in [9.17, 15) is 9.90 Å². The van der Waals surface area contributed by atoms with E-state index in [4.69, 9.17) is 0 Å². The lowest BCUT2D eigenvalue weighted by Gasteiger charge is -2.22. The van der Waals surface area contributed by atoms with Crippen molar-refractivity contribution in [1.82, 2.24) is 5.32 Å². The molecule has 1 aromatic rings. The monoisotopic (exact) mass is 275 g/mol. The van der Waals surface area contributed by atoms with Crippen molar-refractivity contribution in [2.75, 3.05) is 6.54 Å². The smallest absolute Gasteiger partial charge is 0.321 e. The van der Waals surface area contributed by atoms with Crippen molar-refractivity contribution in [3.63, 3.8) is 0 Å². The molecule has 1 aliphatic rings. The SMILES string of the molecule is O=C(O)[C@@H](Cc1ccccc1)NCCC1CCCCC1. The highest BCUT2D eigenvalue weighted by Crippen LogP contribution is 2.25. The molecule has 0 aromatic heterocycles. The Bertz CT molecular complexity index is 399. The zero-order valence-corrected chi connectivity index (χ0v) is 12.1. The maximum atomic E-state index is 11.3. The van der Waals surface area contributed by atoms with Crippen molar-refractivity contribution in [2.45, 2.75) is 51.0 Å². The lowest BCUT2D eigenvalue weighted by molar-refractivity contribution is -0.139. The van der Waals surface area contributed by atoms with Crippen LogP contribution in [0.5, 0.6) is 0 Å². The molecule has 20 heavy (non-hydrogen) atoms. The summed E-state index contributed by atoms with van der Waals surface area (Å²) >= 11 is 0. The molecule has 110 valence electrons. The van der Waals surface area contributed by atoms with Crippen LogP contribution in [0, 0.1) is 5.92 Å². The van der Waals surface area contributed by atoms with Gasteiger partial charge in [-0.3, -0.25) is 4.79 Å². The fraction of sp³-hybridized carbons (Fsp3) is 0.588. The standard InChI is InChI=1S/C17H25NO2/c19-17(20)16(13-15-9-5-2-6-10-15)18-12-11-14-7-3-1-4-8-14/h2,5-6,9-10,14,16,18H,1,3-4,7-8,11-13H2,(H,19,20)/t16-/m1/s1. The third-order valence-corrected chi connectivity index (χ3v) is 4.25. The highest BCUT2D eigenvalue weighted by Gasteiger charge is 2.18. The molecule has 0 spiro atoms. The number of carbonyl (C=O) groups is 1. The van der Waals surface area contributed by atoms with Crippen LogP contribution in [0.15, 0.2) is 30.3 Å². The first-order valence-electron chi connectivity index (χ1n) is 7.76. The molecule has 0 aliphatic heterocycles. The minimum absolute atomic E-state index is 0.471. The molecule has 0 saturated heterocycles. The molecule has 0 radical (unpaired) electrons. The highest BCUT2D eigenvalue weighted by atomic mass is 16.4. The molecule has 1 fully saturated rings. The first-order chi connectivity index (χ1) is 9.75. The van der Waals surface area contributed by atoms with Gasteiger partial charge in [-0.05, 0) is 30.9 Å². The van der Waals surface area contributed by atoms with Gasteiger partial charge in [-0.25, -0.2) is 0 Å². The third-order valence-electron chi connectivity index (χ3n) is 4.25.